The summed E-state index contributed by atoms with van der Waals surface area (Å²) >= 11 is 3.40. The molecule has 6 nitrogen and oxygen atoms in total. The van der Waals surface area contributed by atoms with Crippen molar-refractivity contribution in [3.8, 4) is 0 Å². The number of halogens is 1. The lowest BCUT2D eigenvalue weighted by molar-refractivity contribution is -0.114. The van der Waals surface area contributed by atoms with E-state index in [4.69, 9.17) is 0 Å². The Bertz CT molecular complexity index is 971. The average Bonchev–Trinajstić information content (AvgIpc) is 2.56. The van der Waals surface area contributed by atoms with Crippen molar-refractivity contribution in [3.05, 3.63) is 58.7 Å². The molecule has 0 aliphatic heterocycles. The van der Waals surface area contributed by atoms with Crippen LogP contribution in [0.15, 0.2) is 53.1 Å². The van der Waals surface area contributed by atoms with Gasteiger partial charge in [0.05, 0.1) is 11.2 Å². The molecular formula is C18H14BrN3O3. The molecule has 1 aromatic heterocycles. The first kappa shape index (κ1) is 16.9. The molecule has 7 heteroatoms. The molecule has 2 aromatic carbocycles. The van der Waals surface area contributed by atoms with E-state index in [1.807, 2.05) is 18.2 Å². The Labute approximate surface area is 152 Å². The van der Waals surface area contributed by atoms with Gasteiger partial charge in [-0.05, 0) is 42.5 Å². The van der Waals surface area contributed by atoms with E-state index < -0.39 is 5.97 Å². The van der Waals surface area contributed by atoms with E-state index in [1.165, 1.54) is 13.1 Å². The molecule has 0 spiro atoms. The lowest BCUT2D eigenvalue weighted by atomic mass is 10.1. The molecule has 1 heterocycles. The minimum Gasteiger partial charge on any atom is -0.478 e. The number of amides is 1. The SMILES string of the molecule is CC(=O)Nc1ccc(Nc2c(C(=O)O)cnc3ccc(Br)cc23)cc1. The number of hydrogen-bond donors (Lipinski definition) is 3. The van der Waals surface area contributed by atoms with Crippen LogP contribution in [0.3, 0.4) is 0 Å². The van der Waals surface area contributed by atoms with Crippen molar-refractivity contribution in [2.75, 3.05) is 10.6 Å². The lowest BCUT2D eigenvalue weighted by Crippen LogP contribution is -2.06. The molecule has 3 aromatic rings. The Balaban J connectivity index is 2.04. The molecule has 0 aliphatic rings. The van der Waals surface area contributed by atoms with E-state index in [-0.39, 0.29) is 11.5 Å². The monoisotopic (exact) mass is 399 g/mol. The number of carbonyl (C=O) groups excluding carboxylic acids is 1. The van der Waals surface area contributed by atoms with Gasteiger partial charge in [-0.25, -0.2) is 4.79 Å². The minimum atomic E-state index is -1.06. The fourth-order valence-electron chi connectivity index (χ4n) is 2.45. The number of aromatic nitrogens is 1. The van der Waals surface area contributed by atoms with E-state index in [0.717, 1.165) is 4.47 Å². The van der Waals surface area contributed by atoms with Gasteiger partial charge in [-0.2, -0.15) is 0 Å². The van der Waals surface area contributed by atoms with Gasteiger partial charge >= 0.3 is 5.97 Å². The van der Waals surface area contributed by atoms with Crippen LogP contribution in [0, 0.1) is 0 Å². The van der Waals surface area contributed by atoms with Gasteiger partial charge in [-0.3, -0.25) is 9.78 Å². The highest BCUT2D eigenvalue weighted by molar-refractivity contribution is 9.10. The third-order valence-electron chi connectivity index (χ3n) is 3.54. The molecule has 25 heavy (non-hydrogen) atoms. The number of carboxylic acid groups (broad SMARTS) is 1. The van der Waals surface area contributed by atoms with Crippen LogP contribution in [0.1, 0.15) is 17.3 Å². The van der Waals surface area contributed by atoms with Crippen LogP contribution >= 0.6 is 15.9 Å². The van der Waals surface area contributed by atoms with Crippen LogP contribution in [0.4, 0.5) is 17.1 Å². The van der Waals surface area contributed by atoms with Crippen molar-refractivity contribution >= 4 is 55.8 Å². The van der Waals surface area contributed by atoms with Crippen molar-refractivity contribution in [2.45, 2.75) is 6.92 Å². The zero-order chi connectivity index (χ0) is 18.0. The number of carboxylic acids is 1. The molecule has 0 bridgehead atoms. The van der Waals surface area contributed by atoms with Gasteiger partial charge in [0.15, 0.2) is 0 Å². The van der Waals surface area contributed by atoms with Gasteiger partial charge in [-0.1, -0.05) is 15.9 Å². The second-order valence-corrected chi connectivity index (χ2v) is 6.31. The van der Waals surface area contributed by atoms with E-state index >= 15 is 0 Å². The van der Waals surface area contributed by atoms with E-state index in [9.17, 15) is 14.7 Å². The molecule has 0 aliphatic carbocycles. The summed E-state index contributed by atoms with van der Waals surface area (Å²) in [6, 6.07) is 12.5. The van der Waals surface area contributed by atoms with Gasteiger partial charge in [0.1, 0.15) is 5.56 Å². The maximum Gasteiger partial charge on any atom is 0.339 e. The van der Waals surface area contributed by atoms with Gasteiger partial charge in [-0.15, -0.1) is 0 Å². The summed E-state index contributed by atoms with van der Waals surface area (Å²) < 4.78 is 0.827. The predicted octanol–water partition coefficient (Wildman–Crippen LogP) is 4.40. The number of aromatic carboxylic acids is 1. The Morgan fingerprint density at radius 2 is 1.76 bits per heavy atom. The van der Waals surface area contributed by atoms with Crippen molar-refractivity contribution < 1.29 is 14.7 Å². The molecular weight excluding hydrogens is 386 g/mol. The average molecular weight is 400 g/mol. The van der Waals surface area contributed by atoms with Crippen LogP contribution < -0.4 is 10.6 Å². The largest absolute Gasteiger partial charge is 0.478 e. The molecule has 0 saturated carbocycles. The number of pyridine rings is 1. The van der Waals surface area contributed by atoms with Crippen molar-refractivity contribution in [1.82, 2.24) is 4.98 Å². The molecule has 0 radical (unpaired) electrons. The molecule has 3 N–H and O–H groups in total. The first-order chi connectivity index (χ1) is 11.9. The standard InChI is InChI=1S/C18H14BrN3O3/c1-10(23)21-12-3-5-13(6-4-12)22-17-14-8-11(19)2-7-16(14)20-9-15(17)18(24)25/h2-9H,1H3,(H,20,22)(H,21,23)(H,24,25). The van der Waals surface area contributed by atoms with E-state index in [1.54, 1.807) is 24.3 Å². The van der Waals surface area contributed by atoms with Crippen LogP contribution in [0.2, 0.25) is 0 Å². The highest BCUT2D eigenvalue weighted by Crippen LogP contribution is 2.31. The molecule has 0 saturated heterocycles. The summed E-state index contributed by atoms with van der Waals surface area (Å²) in [5.74, 6) is -1.22. The van der Waals surface area contributed by atoms with E-state index in [2.05, 4.69) is 31.5 Å². The van der Waals surface area contributed by atoms with Crippen LogP contribution in [0.25, 0.3) is 10.9 Å². The summed E-state index contributed by atoms with van der Waals surface area (Å²) in [5, 5.41) is 16.0. The number of nitrogens with zero attached hydrogens (tertiary/aromatic N) is 1. The molecule has 126 valence electrons. The Morgan fingerprint density at radius 3 is 2.40 bits per heavy atom. The van der Waals surface area contributed by atoms with Gasteiger partial charge < -0.3 is 15.7 Å². The summed E-state index contributed by atoms with van der Waals surface area (Å²) in [5.41, 5.74) is 2.59. The summed E-state index contributed by atoms with van der Waals surface area (Å²) in [6.45, 7) is 1.44. The Hall–Kier alpha value is -2.93. The first-order valence-electron chi connectivity index (χ1n) is 7.40. The summed E-state index contributed by atoms with van der Waals surface area (Å²) in [6.07, 6.45) is 1.34. The zero-order valence-corrected chi connectivity index (χ0v) is 14.8. The summed E-state index contributed by atoms with van der Waals surface area (Å²) in [7, 11) is 0. The fraction of sp³-hybridized carbons (Fsp3) is 0.0556. The Morgan fingerprint density at radius 1 is 1.08 bits per heavy atom. The zero-order valence-electron chi connectivity index (χ0n) is 13.2. The molecule has 0 fully saturated rings. The normalized spacial score (nSPS) is 10.5. The van der Waals surface area contributed by atoms with Crippen molar-refractivity contribution in [2.24, 2.45) is 0 Å². The maximum absolute atomic E-state index is 11.6. The number of hydrogen-bond acceptors (Lipinski definition) is 4. The Kier molecular flexibility index (Phi) is 4.67. The third-order valence-corrected chi connectivity index (χ3v) is 4.03. The van der Waals surface area contributed by atoms with E-state index in [0.29, 0.717) is 28.0 Å². The number of benzene rings is 2. The van der Waals surface area contributed by atoms with Crippen LogP contribution in [-0.4, -0.2) is 22.0 Å². The second kappa shape index (κ2) is 6.90. The molecule has 1 amide bonds. The number of carbonyl (C=O) groups is 2. The number of anilines is 3. The number of nitrogens with one attached hydrogen (secondary N) is 2. The number of fused-ring (bicyclic) bond motifs is 1. The maximum atomic E-state index is 11.6. The van der Waals surface area contributed by atoms with Gasteiger partial charge in [0.2, 0.25) is 5.91 Å². The molecule has 3 rings (SSSR count). The summed E-state index contributed by atoms with van der Waals surface area (Å²) in [4.78, 5) is 26.9. The van der Waals surface area contributed by atoms with Crippen molar-refractivity contribution in [3.63, 3.8) is 0 Å². The van der Waals surface area contributed by atoms with Crippen LogP contribution in [0.5, 0.6) is 0 Å². The lowest BCUT2D eigenvalue weighted by Gasteiger charge is -2.13. The van der Waals surface area contributed by atoms with Gasteiger partial charge in [0.25, 0.3) is 0 Å². The quantitative estimate of drug-likeness (QED) is 0.604. The second-order valence-electron chi connectivity index (χ2n) is 5.40. The fourth-order valence-corrected chi connectivity index (χ4v) is 2.81. The van der Waals surface area contributed by atoms with Crippen molar-refractivity contribution in [1.29, 1.82) is 0 Å². The smallest absolute Gasteiger partial charge is 0.339 e. The third kappa shape index (κ3) is 3.77. The first-order valence-corrected chi connectivity index (χ1v) is 8.19. The number of rotatable bonds is 4. The predicted molar refractivity (Wildman–Crippen MR) is 100 cm³/mol. The highest BCUT2D eigenvalue weighted by atomic mass is 79.9. The topological polar surface area (TPSA) is 91.3 Å². The van der Waals surface area contributed by atoms with Gasteiger partial charge in [0, 0.05) is 34.4 Å². The minimum absolute atomic E-state index is 0.0801. The highest BCUT2D eigenvalue weighted by Gasteiger charge is 2.15. The van der Waals surface area contributed by atoms with Crippen LogP contribution in [-0.2, 0) is 4.79 Å². The molecule has 0 atom stereocenters. The molecule has 0 unspecified atom stereocenters.